The van der Waals surface area contributed by atoms with Crippen LogP contribution in [0.5, 0.6) is 6.01 Å². The van der Waals surface area contributed by atoms with Gasteiger partial charge in [0.05, 0.1) is 55.6 Å². The molecule has 2 N–H and O–H groups in total. The average molecular weight is 483 g/mol. The molecule has 7 nitrogen and oxygen atoms in total. The van der Waals surface area contributed by atoms with Crippen LogP contribution in [0.1, 0.15) is 43.7 Å². The zero-order valence-corrected chi connectivity index (χ0v) is 19.7. The zero-order chi connectivity index (χ0) is 25.0. The number of carboxylic acids is 1. The van der Waals surface area contributed by atoms with Gasteiger partial charge >= 0.3 is 12.0 Å². The monoisotopic (exact) mass is 482 g/mol. The first kappa shape index (κ1) is 24.4. The lowest BCUT2D eigenvalue weighted by Crippen LogP contribution is -2.57. The topological polar surface area (TPSA) is 87.6 Å². The van der Waals surface area contributed by atoms with Crippen molar-refractivity contribution < 1.29 is 23.4 Å². The van der Waals surface area contributed by atoms with Crippen molar-refractivity contribution in [1.82, 2.24) is 9.97 Å². The number of ether oxygens (including phenoxy) is 1. The Balaban J connectivity index is 1.61. The van der Waals surface area contributed by atoms with Crippen LogP contribution in [0.3, 0.4) is 0 Å². The standard InChI is InChI=1S/C26H28F2N4O3/c1-3-17(12-24(33)34)18-5-10-23(22(11-18)31-21-13-29-25(30-14-21)35-4-2)32-15-26(28,16-32)19-6-8-20(27)9-7-19/h5-11,13-14,17,31H,3-4,12,15-16H2,1-2H3,(H,33,34). The lowest BCUT2D eigenvalue weighted by Gasteiger charge is -2.47. The summed E-state index contributed by atoms with van der Waals surface area (Å²) in [5, 5.41) is 12.6. The number of nitrogens with zero attached hydrogens (tertiary/aromatic N) is 3. The molecular weight excluding hydrogens is 454 g/mol. The van der Waals surface area contributed by atoms with E-state index in [1.54, 1.807) is 12.4 Å². The van der Waals surface area contributed by atoms with Gasteiger partial charge in [0, 0.05) is 0 Å². The number of nitrogens with one attached hydrogen (secondary N) is 1. The molecule has 2 aromatic carbocycles. The lowest BCUT2D eigenvalue weighted by atomic mass is 9.86. The number of aliphatic carboxylic acids is 1. The molecule has 1 fully saturated rings. The summed E-state index contributed by atoms with van der Waals surface area (Å²) in [6.07, 6.45) is 3.87. The summed E-state index contributed by atoms with van der Waals surface area (Å²) in [6, 6.07) is 11.4. The van der Waals surface area contributed by atoms with E-state index in [-0.39, 0.29) is 31.4 Å². The van der Waals surface area contributed by atoms with Crippen molar-refractivity contribution in [1.29, 1.82) is 0 Å². The lowest BCUT2D eigenvalue weighted by molar-refractivity contribution is -0.137. The molecule has 9 heteroatoms. The fraction of sp³-hybridized carbons (Fsp3) is 0.346. The maximum Gasteiger partial charge on any atom is 0.316 e. The minimum absolute atomic E-state index is 0.0172. The summed E-state index contributed by atoms with van der Waals surface area (Å²) in [6.45, 7) is 4.47. The molecule has 0 spiro atoms. The van der Waals surface area contributed by atoms with Gasteiger partial charge in [0.25, 0.3) is 0 Å². The predicted molar refractivity (Wildman–Crippen MR) is 130 cm³/mol. The van der Waals surface area contributed by atoms with E-state index >= 15 is 4.39 Å². The highest BCUT2D eigenvalue weighted by molar-refractivity contribution is 5.77. The van der Waals surface area contributed by atoms with Crippen LogP contribution in [0.15, 0.2) is 54.9 Å². The van der Waals surface area contributed by atoms with E-state index in [2.05, 4.69) is 15.3 Å². The molecule has 0 saturated carbocycles. The van der Waals surface area contributed by atoms with Gasteiger partial charge in [-0.05, 0) is 54.7 Å². The van der Waals surface area contributed by atoms with Crippen LogP contribution >= 0.6 is 0 Å². The summed E-state index contributed by atoms with van der Waals surface area (Å²) in [5.74, 6) is -1.42. The molecule has 0 radical (unpaired) electrons. The fourth-order valence-corrected chi connectivity index (χ4v) is 4.29. The number of alkyl halides is 1. The number of halogens is 2. The van der Waals surface area contributed by atoms with Crippen LogP contribution in [0.25, 0.3) is 0 Å². The van der Waals surface area contributed by atoms with Crippen molar-refractivity contribution in [3.63, 3.8) is 0 Å². The molecule has 1 aromatic heterocycles. The largest absolute Gasteiger partial charge is 0.481 e. The summed E-state index contributed by atoms with van der Waals surface area (Å²) in [5.41, 5.74) is 1.81. The Morgan fingerprint density at radius 1 is 1.17 bits per heavy atom. The van der Waals surface area contributed by atoms with Crippen molar-refractivity contribution in [3.8, 4) is 6.01 Å². The van der Waals surface area contributed by atoms with E-state index in [9.17, 15) is 14.3 Å². The highest BCUT2D eigenvalue weighted by Crippen LogP contribution is 2.43. The quantitative estimate of drug-likeness (QED) is 0.399. The van der Waals surface area contributed by atoms with Crippen molar-refractivity contribution >= 4 is 23.0 Å². The predicted octanol–water partition coefficient (Wildman–Crippen LogP) is 5.41. The van der Waals surface area contributed by atoms with Crippen LogP contribution in [0, 0.1) is 5.82 Å². The van der Waals surface area contributed by atoms with E-state index in [1.807, 2.05) is 36.9 Å². The van der Waals surface area contributed by atoms with Gasteiger partial charge < -0.3 is 20.1 Å². The Morgan fingerprint density at radius 3 is 2.46 bits per heavy atom. The van der Waals surface area contributed by atoms with Gasteiger partial charge in [-0.3, -0.25) is 4.79 Å². The molecule has 1 unspecified atom stereocenters. The smallest absolute Gasteiger partial charge is 0.316 e. The molecule has 1 saturated heterocycles. The van der Waals surface area contributed by atoms with Gasteiger partial charge in [0.1, 0.15) is 5.82 Å². The Bertz CT molecular complexity index is 1170. The van der Waals surface area contributed by atoms with E-state index < -0.39 is 17.5 Å². The van der Waals surface area contributed by atoms with Gasteiger partial charge in [-0.1, -0.05) is 25.1 Å². The second-order valence-corrected chi connectivity index (χ2v) is 8.62. The maximum atomic E-state index is 15.5. The number of carbonyl (C=O) groups is 1. The van der Waals surface area contributed by atoms with Gasteiger partial charge in [0.2, 0.25) is 0 Å². The third kappa shape index (κ3) is 5.50. The number of aromatic nitrogens is 2. The molecule has 4 rings (SSSR count). The zero-order valence-electron chi connectivity index (χ0n) is 19.7. The highest BCUT2D eigenvalue weighted by atomic mass is 19.1. The van der Waals surface area contributed by atoms with E-state index in [0.717, 1.165) is 11.3 Å². The normalized spacial score (nSPS) is 15.3. The highest BCUT2D eigenvalue weighted by Gasteiger charge is 2.45. The first-order valence-electron chi connectivity index (χ1n) is 11.6. The second kappa shape index (κ2) is 10.2. The second-order valence-electron chi connectivity index (χ2n) is 8.62. The molecule has 184 valence electrons. The number of hydrogen-bond acceptors (Lipinski definition) is 6. The number of hydrogen-bond donors (Lipinski definition) is 2. The molecule has 0 bridgehead atoms. The minimum Gasteiger partial charge on any atom is -0.481 e. The van der Waals surface area contributed by atoms with Crippen LogP contribution in [-0.4, -0.2) is 40.7 Å². The van der Waals surface area contributed by atoms with Crippen LogP contribution in [-0.2, 0) is 10.5 Å². The third-order valence-electron chi connectivity index (χ3n) is 6.17. The summed E-state index contributed by atoms with van der Waals surface area (Å²) >= 11 is 0. The summed E-state index contributed by atoms with van der Waals surface area (Å²) < 4.78 is 34.1. The molecule has 0 amide bonds. The van der Waals surface area contributed by atoms with E-state index in [0.29, 0.717) is 30.0 Å². The van der Waals surface area contributed by atoms with Gasteiger partial charge in [0.15, 0.2) is 5.67 Å². The number of carboxylic acid groups (broad SMARTS) is 1. The number of benzene rings is 2. The fourth-order valence-electron chi connectivity index (χ4n) is 4.29. The Morgan fingerprint density at radius 2 is 1.86 bits per heavy atom. The van der Waals surface area contributed by atoms with E-state index in [1.165, 1.54) is 24.3 Å². The Kier molecular flexibility index (Phi) is 7.14. The third-order valence-corrected chi connectivity index (χ3v) is 6.17. The molecular formula is C26H28F2N4O3. The molecule has 3 aromatic rings. The maximum absolute atomic E-state index is 15.5. The number of anilines is 3. The SMILES string of the molecule is CCOc1ncc(Nc2cc(C(CC)CC(=O)O)ccc2N2CC(F)(c3ccc(F)cc3)C2)cn1. The summed E-state index contributed by atoms with van der Waals surface area (Å²) in [4.78, 5) is 21.6. The van der Waals surface area contributed by atoms with E-state index in [4.69, 9.17) is 4.74 Å². The first-order valence-corrected chi connectivity index (χ1v) is 11.6. The van der Waals surface area contributed by atoms with Crippen LogP contribution < -0.4 is 15.0 Å². The van der Waals surface area contributed by atoms with Crippen molar-refractivity contribution in [2.75, 3.05) is 29.9 Å². The Hall–Kier alpha value is -3.75. The minimum atomic E-state index is -1.58. The van der Waals surface area contributed by atoms with Crippen molar-refractivity contribution in [2.45, 2.75) is 38.3 Å². The molecule has 35 heavy (non-hydrogen) atoms. The molecule has 0 aliphatic carbocycles. The molecule has 1 aliphatic rings. The Labute approximate surface area is 202 Å². The molecule has 2 heterocycles. The van der Waals surface area contributed by atoms with Crippen molar-refractivity contribution in [3.05, 3.63) is 71.8 Å². The molecule has 1 aliphatic heterocycles. The van der Waals surface area contributed by atoms with Crippen LogP contribution in [0.4, 0.5) is 25.8 Å². The van der Waals surface area contributed by atoms with Gasteiger partial charge in [-0.2, -0.15) is 0 Å². The van der Waals surface area contributed by atoms with Crippen LogP contribution in [0.2, 0.25) is 0 Å². The van der Waals surface area contributed by atoms with Gasteiger partial charge in [-0.15, -0.1) is 0 Å². The first-order chi connectivity index (χ1) is 16.8. The number of rotatable bonds is 10. The summed E-state index contributed by atoms with van der Waals surface area (Å²) in [7, 11) is 0. The van der Waals surface area contributed by atoms with Gasteiger partial charge in [-0.25, -0.2) is 18.7 Å². The molecule has 1 atom stereocenters. The average Bonchev–Trinajstić information content (AvgIpc) is 2.82. The van der Waals surface area contributed by atoms with Crippen molar-refractivity contribution in [2.24, 2.45) is 0 Å².